The third-order valence-electron chi connectivity index (χ3n) is 4.31. The molecule has 1 atom stereocenters. The monoisotopic (exact) mass is 262 g/mol. The summed E-state index contributed by atoms with van der Waals surface area (Å²) in [5, 5.41) is 0. The number of hydrogen-bond donors (Lipinski definition) is 0. The van der Waals surface area contributed by atoms with Gasteiger partial charge in [0.25, 0.3) is 0 Å². The van der Waals surface area contributed by atoms with Gasteiger partial charge in [0.05, 0.1) is 12.5 Å². The lowest BCUT2D eigenvalue weighted by Crippen LogP contribution is -2.27. The highest BCUT2D eigenvalue weighted by atomic mass is 16.6. The molecule has 1 unspecified atom stereocenters. The van der Waals surface area contributed by atoms with E-state index in [0.29, 0.717) is 13.2 Å². The van der Waals surface area contributed by atoms with E-state index in [-0.39, 0.29) is 11.4 Å². The largest absolute Gasteiger partial charge is 0.486 e. The van der Waals surface area contributed by atoms with Crippen molar-refractivity contribution in [3.8, 4) is 11.5 Å². The van der Waals surface area contributed by atoms with Gasteiger partial charge in [-0.3, -0.25) is 4.79 Å². The highest BCUT2D eigenvalue weighted by Gasteiger charge is 2.68. The molecule has 0 spiro atoms. The summed E-state index contributed by atoms with van der Waals surface area (Å²) in [5.74, 6) is 1.29. The number of fused-ring (bicyclic) bond motifs is 1. The molecule has 0 N–H and O–H groups in total. The molecule has 0 amide bonds. The van der Waals surface area contributed by atoms with E-state index in [4.69, 9.17) is 14.2 Å². The second kappa shape index (κ2) is 3.89. The Hall–Kier alpha value is -1.71. The summed E-state index contributed by atoms with van der Waals surface area (Å²) in [5.41, 5.74) is 0.329. The molecule has 1 saturated carbocycles. The van der Waals surface area contributed by atoms with Crippen LogP contribution in [0.1, 0.15) is 25.8 Å². The van der Waals surface area contributed by atoms with Crippen LogP contribution in [0.3, 0.4) is 0 Å². The molecule has 4 nitrogen and oxygen atoms in total. The van der Waals surface area contributed by atoms with E-state index in [0.717, 1.165) is 23.5 Å². The molecule has 0 saturated heterocycles. The van der Waals surface area contributed by atoms with Crippen molar-refractivity contribution in [2.75, 3.05) is 20.3 Å². The molecule has 1 aliphatic heterocycles. The van der Waals surface area contributed by atoms with E-state index < -0.39 is 5.41 Å². The Bertz CT molecular complexity index is 535. The summed E-state index contributed by atoms with van der Waals surface area (Å²) in [4.78, 5) is 12.2. The van der Waals surface area contributed by atoms with Gasteiger partial charge in [-0.1, -0.05) is 19.9 Å². The van der Waals surface area contributed by atoms with Gasteiger partial charge in [0.2, 0.25) is 0 Å². The summed E-state index contributed by atoms with van der Waals surface area (Å²) in [6.07, 6.45) is 0.798. The lowest BCUT2D eigenvalue weighted by atomic mass is 9.87. The van der Waals surface area contributed by atoms with Crippen molar-refractivity contribution in [1.29, 1.82) is 0 Å². The van der Waals surface area contributed by atoms with Crippen LogP contribution in [0, 0.1) is 5.41 Å². The van der Waals surface area contributed by atoms with Gasteiger partial charge in [-0.2, -0.15) is 0 Å². The summed E-state index contributed by atoms with van der Waals surface area (Å²) in [6.45, 7) is 5.28. The van der Waals surface area contributed by atoms with Gasteiger partial charge < -0.3 is 14.2 Å². The van der Waals surface area contributed by atoms with Gasteiger partial charge in [0.1, 0.15) is 13.2 Å². The van der Waals surface area contributed by atoms with E-state index >= 15 is 0 Å². The smallest absolute Gasteiger partial charge is 0.316 e. The van der Waals surface area contributed by atoms with Crippen molar-refractivity contribution in [1.82, 2.24) is 0 Å². The van der Waals surface area contributed by atoms with Gasteiger partial charge in [-0.05, 0) is 29.5 Å². The fourth-order valence-corrected chi connectivity index (χ4v) is 3.06. The first-order valence-electron chi connectivity index (χ1n) is 6.50. The molecule has 3 rings (SSSR count). The number of ether oxygens (including phenoxy) is 3. The van der Waals surface area contributed by atoms with Gasteiger partial charge in [-0.15, -0.1) is 0 Å². The predicted octanol–water partition coefficient (Wildman–Crippen LogP) is 2.30. The normalized spacial score (nSPS) is 26.7. The molecule has 2 aliphatic rings. The molecule has 0 aromatic heterocycles. The summed E-state index contributed by atoms with van der Waals surface area (Å²) in [6, 6.07) is 5.74. The van der Waals surface area contributed by atoms with Crippen LogP contribution >= 0.6 is 0 Å². The Kier molecular flexibility index (Phi) is 2.52. The molecule has 19 heavy (non-hydrogen) atoms. The number of hydrogen-bond acceptors (Lipinski definition) is 4. The predicted molar refractivity (Wildman–Crippen MR) is 69.5 cm³/mol. The molecular formula is C15H18O4. The second-order valence-electron chi connectivity index (χ2n) is 5.82. The third-order valence-corrected chi connectivity index (χ3v) is 4.31. The Morgan fingerprint density at radius 3 is 2.42 bits per heavy atom. The minimum Gasteiger partial charge on any atom is -0.486 e. The minimum absolute atomic E-state index is 0.0795. The van der Waals surface area contributed by atoms with Crippen molar-refractivity contribution < 1.29 is 19.0 Å². The molecule has 102 valence electrons. The Balaban J connectivity index is 2.04. The van der Waals surface area contributed by atoms with Gasteiger partial charge in [-0.25, -0.2) is 0 Å². The van der Waals surface area contributed by atoms with Crippen molar-refractivity contribution in [3.05, 3.63) is 23.8 Å². The van der Waals surface area contributed by atoms with E-state index in [2.05, 4.69) is 13.8 Å². The standard InChI is InChI=1S/C15H18O4/c1-14(2)9-15(14,13(16)17-3)10-4-5-11-12(8-10)19-7-6-18-11/h4-5,8H,6-7,9H2,1-3H3. The third kappa shape index (κ3) is 1.62. The molecule has 1 aromatic carbocycles. The maximum absolute atomic E-state index is 12.2. The van der Waals surface area contributed by atoms with Crippen LogP contribution in [0.2, 0.25) is 0 Å². The second-order valence-corrected chi connectivity index (χ2v) is 5.82. The summed E-state index contributed by atoms with van der Waals surface area (Å²) in [7, 11) is 1.44. The molecule has 0 bridgehead atoms. The van der Waals surface area contributed by atoms with E-state index in [9.17, 15) is 4.79 Å². The number of carbonyl (C=O) groups is 1. The van der Waals surface area contributed by atoms with E-state index in [1.165, 1.54) is 7.11 Å². The van der Waals surface area contributed by atoms with Crippen LogP contribution < -0.4 is 9.47 Å². The first-order valence-corrected chi connectivity index (χ1v) is 6.50. The maximum Gasteiger partial charge on any atom is 0.316 e. The zero-order chi connectivity index (χ0) is 13.7. The quantitative estimate of drug-likeness (QED) is 0.767. The Morgan fingerprint density at radius 2 is 1.84 bits per heavy atom. The van der Waals surface area contributed by atoms with E-state index in [1.807, 2.05) is 18.2 Å². The van der Waals surface area contributed by atoms with Crippen LogP contribution in [0.5, 0.6) is 11.5 Å². The Morgan fingerprint density at radius 1 is 1.21 bits per heavy atom. The zero-order valence-electron chi connectivity index (χ0n) is 11.5. The van der Waals surface area contributed by atoms with Crippen molar-refractivity contribution >= 4 is 5.97 Å². The molecule has 0 radical (unpaired) electrons. The lowest BCUT2D eigenvalue weighted by molar-refractivity contribution is -0.144. The van der Waals surface area contributed by atoms with Crippen molar-refractivity contribution in [2.24, 2.45) is 5.41 Å². The fraction of sp³-hybridized carbons (Fsp3) is 0.533. The van der Waals surface area contributed by atoms with Crippen molar-refractivity contribution in [3.63, 3.8) is 0 Å². The number of carbonyl (C=O) groups excluding carboxylic acids is 1. The Labute approximate surface area is 112 Å². The number of benzene rings is 1. The van der Waals surface area contributed by atoms with Crippen molar-refractivity contribution in [2.45, 2.75) is 25.7 Å². The molecule has 1 heterocycles. The van der Waals surface area contributed by atoms with Crippen LogP contribution in [0.4, 0.5) is 0 Å². The molecule has 1 fully saturated rings. The highest BCUT2D eigenvalue weighted by molar-refractivity contribution is 5.89. The first-order chi connectivity index (χ1) is 9.01. The van der Waals surface area contributed by atoms with Gasteiger partial charge in [0.15, 0.2) is 11.5 Å². The average Bonchev–Trinajstić information content (AvgIpc) is 3.01. The van der Waals surface area contributed by atoms with E-state index in [1.54, 1.807) is 0 Å². The lowest BCUT2D eigenvalue weighted by Gasteiger charge is -2.23. The molecule has 4 heteroatoms. The van der Waals surface area contributed by atoms with Crippen LogP contribution in [-0.2, 0) is 14.9 Å². The van der Waals surface area contributed by atoms with Gasteiger partial charge >= 0.3 is 5.97 Å². The number of esters is 1. The summed E-state index contributed by atoms with van der Waals surface area (Å²) < 4.78 is 16.1. The fourth-order valence-electron chi connectivity index (χ4n) is 3.06. The summed E-state index contributed by atoms with van der Waals surface area (Å²) >= 11 is 0. The van der Waals surface area contributed by atoms with Crippen LogP contribution in [0.15, 0.2) is 18.2 Å². The first kappa shape index (κ1) is 12.3. The highest BCUT2D eigenvalue weighted by Crippen LogP contribution is 2.65. The van der Waals surface area contributed by atoms with Gasteiger partial charge in [0, 0.05) is 0 Å². The zero-order valence-corrected chi connectivity index (χ0v) is 11.5. The molecule has 1 aromatic rings. The molecular weight excluding hydrogens is 244 g/mol. The van der Waals surface area contributed by atoms with Crippen LogP contribution in [-0.4, -0.2) is 26.3 Å². The molecule has 1 aliphatic carbocycles. The number of methoxy groups -OCH3 is 1. The SMILES string of the molecule is COC(=O)C1(c2ccc3c(c2)OCCO3)CC1(C)C. The minimum atomic E-state index is -0.544. The maximum atomic E-state index is 12.2. The van der Waals surface area contributed by atoms with Crippen LogP contribution in [0.25, 0.3) is 0 Å². The number of rotatable bonds is 2. The average molecular weight is 262 g/mol. The topological polar surface area (TPSA) is 44.8 Å².